The molecule has 0 saturated carbocycles. The SMILES string of the molecule is CCOc1ccc(OCC(O)Cn2nc(-c3cc(C)ccc3C)c3ccccc3c2=O)cc1. The summed E-state index contributed by atoms with van der Waals surface area (Å²) in [6.07, 6.45) is -0.908. The van der Waals surface area contributed by atoms with Gasteiger partial charge in [-0.15, -0.1) is 0 Å². The molecule has 1 aromatic heterocycles. The number of aliphatic hydroxyl groups excluding tert-OH is 1. The second-order valence-electron chi connectivity index (χ2n) is 8.07. The summed E-state index contributed by atoms with van der Waals surface area (Å²) in [5.41, 5.74) is 3.65. The predicted octanol–water partition coefficient (Wildman–Crippen LogP) is 4.52. The summed E-state index contributed by atoms with van der Waals surface area (Å²) in [5.74, 6) is 1.38. The first-order valence-electron chi connectivity index (χ1n) is 11.1. The molecule has 1 N–H and O–H groups in total. The van der Waals surface area contributed by atoms with Crippen LogP contribution in [0.15, 0.2) is 71.5 Å². The molecular weight excluding hydrogens is 416 g/mol. The fraction of sp³-hybridized carbons (Fsp3) is 0.259. The van der Waals surface area contributed by atoms with Gasteiger partial charge in [0.05, 0.1) is 24.2 Å². The van der Waals surface area contributed by atoms with Gasteiger partial charge in [-0.25, -0.2) is 4.68 Å². The Labute approximate surface area is 193 Å². The van der Waals surface area contributed by atoms with E-state index in [0.717, 1.165) is 33.5 Å². The normalized spacial score (nSPS) is 12.0. The smallest absolute Gasteiger partial charge is 0.274 e. The molecule has 0 radical (unpaired) electrons. The minimum Gasteiger partial charge on any atom is -0.494 e. The van der Waals surface area contributed by atoms with Crippen LogP contribution in [-0.2, 0) is 6.54 Å². The highest BCUT2D eigenvalue weighted by Gasteiger charge is 2.16. The molecule has 0 fully saturated rings. The van der Waals surface area contributed by atoms with E-state index in [1.165, 1.54) is 4.68 Å². The van der Waals surface area contributed by atoms with E-state index in [4.69, 9.17) is 9.47 Å². The molecule has 6 heteroatoms. The molecule has 0 saturated heterocycles. The van der Waals surface area contributed by atoms with Crippen LogP contribution in [0.1, 0.15) is 18.1 Å². The molecule has 33 heavy (non-hydrogen) atoms. The van der Waals surface area contributed by atoms with Crippen molar-refractivity contribution in [2.45, 2.75) is 33.4 Å². The number of ether oxygens (including phenoxy) is 2. The van der Waals surface area contributed by atoms with Crippen LogP contribution in [0.4, 0.5) is 0 Å². The van der Waals surface area contributed by atoms with Gasteiger partial charge in [-0.05, 0) is 62.7 Å². The lowest BCUT2D eigenvalue weighted by Crippen LogP contribution is -2.32. The van der Waals surface area contributed by atoms with Crippen LogP contribution in [-0.4, -0.2) is 34.2 Å². The molecule has 0 bridgehead atoms. The molecule has 0 aliphatic carbocycles. The van der Waals surface area contributed by atoms with Crippen molar-refractivity contribution in [1.82, 2.24) is 9.78 Å². The molecule has 0 aliphatic heterocycles. The van der Waals surface area contributed by atoms with E-state index in [9.17, 15) is 9.90 Å². The van der Waals surface area contributed by atoms with Crippen LogP contribution >= 0.6 is 0 Å². The minimum atomic E-state index is -0.908. The van der Waals surface area contributed by atoms with Crippen LogP contribution in [0.3, 0.4) is 0 Å². The zero-order valence-electron chi connectivity index (χ0n) is 19.1. The van der Waals surface area contributed by atoms with Gasteiger partial charge in [0.1, 0.15) is 24.2 Å². The average molecular weight is 445 g/mol. The van der Waals surface area contributed by atoms with Crippen LogP contribution in [0.5, 0.6) is 11.5 Å². The Morgan fingerprint density at radius 3 is 2.30 bits per heavy atom. The van der Waals surface area contributed by atoms with E-state index >= 15 is 0 Å². The number of aromatic nitrogens is 2. The lowest BCUT2D eigenvalue weighted by molar-refractivity contribution is 0.0882. The number of rotatable bonds is 8. The summed E-state index contributed by atoms with van der Waals surface area (Å²) in [6, 6.07) is 20.8. The number of nitrogens with zero attached hydrogens (tertiary/aromatic N) is 2. The minimum absolute atomic E-state index is 0.0263. The maximum Gasteiger partial charge on any atom is 0.274 e. The fourth-order valence-electron chi connectivity index (χ4n) is 3.79. The molecule has 4 rings (SSSR count). The topological polar surface area (TPSA) is 73.6 Å². The molecule has 4 aromatic rings. The van der Waals surface area contributed by atoms with Gasteiger partial charge in [-0.3, -0.25) is 4.79 Å². The van der Waals surface area contributed by atoms with Crippen LogP contribution < -0.4 is 15.0 Å². The highest BCUT2D eigenvalue weighted by atomic mass is 16.5. The van der Waals surface area contributed by atoms with Crippen molar-refractivity contribution in [3.05, 3.63) is 88.2 Å². The van der Waals surface area contributed by atoms with Crippen molar-refractivity contribution >= 4 is 10.8 Å². The van der Waals surface area contributed by atoms with Crippen molar-refractivity contribution in [2.75, 3.05) is 13.2 Å². The Kier molecular flexibility index (Phi) is 6.75. The van der Waals surface area contributed by atoms with Gasteiger partial charge in [0, 0.05) is 10.9 Å². The highest BCUT2D eigenvalue weighted by molar-refractivity contribution is 5.94. The van der Waals surface area contributed by atoms with Gasteiger partial charge in [0.25, 0.3) is 5.56 Å². The van der Waals surface area contributed by atoms with Gasteiger partial charge in [-0.1, -0.05) is 35.9 Å². The van der Waals surface area contributed by atoms with E-state index in [1.54, 1.807) is 18.2 Å². The second kappa shape index (κ2) is 9.88. The van der Waals surface area contributed by atoms with Crippen molar-refractivity contribution < 1.29 is 14.6 Å². The number of benzene rings is 3. The fourth-order valence-corrected chi connectivity index (χ4v) is 3.79. The first kappa shape index (κ1) is 22.6. The Morgan fingerprint density at radius 1 is 0.939 bits per heavy atom. The van der Waals surface area contributed by atoms with Crippen molar-refractivity contribution in [2.24, 2.45) is 0 Å². The summed E-state index contributed by atoms with van der Waals surface area (Å²) in [7, 11) is 0. The number of hydrogen-bond donors (Lipinski definition) is 1. The highest BCUT2D eigenvalue weighted by Crippen LogP contribution is 2.28. The summed E-state index contributed by atoms with van der Waals surface area (Å²) < 4.78 is 12.5. The van der Waals surface area contributed by atoms with Crippen LogP contribution in [0.25, 0.3) is 22.0 Å². The summed E-state index contributed by atoms with van der Waals surface area (Å²) >= 11 is 0. The van der Waals surface area contributed by atoms with Gasteiger partial charge >= 0.3 is 0 Å². The summed E-state index contributed by atoms with van der Waals surface area (Å²) in [4.78, 5) is 13.1. The second-order valence-corrected chi connectivity index (χ2v) is 8.07. The van der Waals surface area contributed by atoms with E-state index in [1.807, 2.05) is 51.1 Å². The molecule has 1 atom stereocenters. The van der Waals surface area contributed by atoms with E-state index in [2.05, 4.69) is 23.3 Å². The number of aryl methyl sites for hydroxylation is 2. The number of aliphatic hydroxyl groups is 1. The third kappa shape index (κ3) is 5.07. The molecule has 170 valence electrons. The monoisotopic (exact) mass is 444 g/mol. The Morgan fingerprint density at radius 2 is 1.61 bits per heavy atom. The predicted molar refractivity (Wildman–Crippen MR) is 130 cm³/mol. The first-order chi connectivity index (χ1) is 16.0. The standard InChI is InChI=1S/C27H28N2O4/c1-4-32-21-11-13-22(14-12-21)33-17-20(30)16-29-27(31)24-8-6-5-7-23(24)26(28-29)25-15-18(2)9-10-19(25)3/h5-15,20,30H,4,16-17H2,1-3H3. The molecule has 6 nitrogen and oxygen atoms in total. The van der Waals surface area contributed by atoms with Gasteiger partial charge in [-0.2, -0.15) is 5.10 Å². The molecule has 0 amide bonds. The Bertz CT molecular complexity index is 1310. The van der Waals surface area contributed by atoms with E-state index in [-0.39, 0.29) is 18.7 Å². The third-order valence-corrected chi connectivity index (χ3v) is 5.48. The maximum absolute atomic E-state index is 13.1. The molecule has 1 heterocycles. The summed E-state index contributed by atoms with van der Waals surface area (Å²) in [6.45, 7) is 6.64. The zero-order valence-corrected chi connectivity index (χ0v) is 19.1. The van der Waals surface area contributed by atoms with Gasteiger partial charge in [0.2, 0.25) is 0 Å². The van der Waals surface area contributed by atoms with Crippen LogP contribution in [0.2, 0.25) is 0 Å². The van der Waals surface area contributed by atoms with E-state index in [0.29, 0.717) is 17.7 Å². The number of hydrogen-bond acceptors (Lipinski definition) is 5. The summed E-state index contributed by atoms with van der Waals surface area (Å²) in [5, 5.41) is 16.7. The lowest BCUT2D eigenvalue weighted by atomic mass is 9.99. The lowest BCUT2D eigenvalue weighted by Gasteiger charge is -2.16. The Balaban J connectivity index is 1.60. The van der Waals surface area contributed by atoms with Crippen molar-refractivity contribution in [3.63, 3.8) is 0 Å². The number of fused-ring (bicyclic) bond motifs is 1. The largest absolute Gasteiger partial charge is 0.494 e. The third-order valence-electron chi connectivity index (χ3n) is 5.48. The first-order valence-corrected chi connectivity index (χ1v) is 11.1. The van der Waals surface area contributed by atoms with Gasteiger partial charge in [0.15, 0.2) is 0 Å². The average Bonchev–Trinajstić information content (AvgIpc) is 2.82. The maximum atomic E-state index is 13.1. The van der Waals surface area contributed by atoms with Crippen molar-refractivity contribution in [3.8, 4) is 22.8 Å². The van der Waals surface area contributed by atoms with Crippen LogP contribution in [0, 0.1) is 13.8 Å². The Hall–Kier alpha value is -3.64. The molecule has 1 unspecified atom stereocenters. The molecular formula is C27H28N2O4. The van der Waals surface area contributed by atoms with Gasteiger partial charge < -0.3 is 14.6 Å². The molecule has 0 aliphatic rings. The molecule has 3 aromatic carbocycles. The van der Waals surface area contributed by atoms with Crippen molar-refractivity contribution in [1.29, 1.82) is 0 Å². The van der Waals surface area contributed by atoms with E-state index < -0.39 is 6.10 Å². The molecule has 0 spiro atoms. The zero-order chi connectivity index (χ0) is 23.4. The quantitative estimate of drug-likeness (QED) is 0.433.